The molecule has 0 aliphatic rings. The number of nitrogens with zero attached hydrogens (tertiary/aromatic N) is 2. The molecular weight excluding hydrogens is 300 g/mol. The number of amides is 2. The van der Waals surface area contributed by atoms with Crippen LogP contribution in [-0.4, -0.2) is 28.1 Å². The van der Waals surface area contributed by atoms with Crippen LogP contribution in [0.2, 0.25) is 0 Å². The summed E-state index contributed by atoms with van der Waals surface area (Å²) >= 11 is 1.27. The highest BCUT2D eigenvalue weighted by atomic mass is 32.1. The zero-order chi connectivity index (χ0) is 16.1. The summed E-state index contributed by atoms with van der Waals surface area (Å²) < 4.78 is 0. The fourth-order valence-corrected chi connectivity index (χ4v) is 2.43. The van der Waals surface area contributed by atoms with Crippen LogP contribution in [0, 0.1) is 0 Å². The number of rotatable bonds is 5. The molecule has 2 amide bonds. The summed E-state index contributed by atoms with van der Waals surface area (Å²) in [5.41, 5.74) is 1.05. The summed E-state index contributed by atoms with van der Waals surface area (Å²) in [6.45, 7) is 5.74. The van der Waals surface area contributed by atoms with Crippen molar-refractivity contribution in [2.75, 3.05) is 5.32 Å². The molecule has 0 unspecified atom stereocenters. The van der Waals surface area contributed by atoms with Gasteiger partial charge >= 0.3 is 0 Å². The second-order valence-corrected chi connectivity index (χ2v) is 6.08. The number of carbonyl (C=O) groups excluding carboxylic acids is 2. The van der Waals surface area contributed by atoms with E-state index in [1.165, 1.54) is 11.3 Å². The Bertz CT molecular complexity index is 682. The van der Waals surface area contributed by atoms with Crippen molar-refractivity contribution in [1.29, 1.82) is 0 Å². The first-order valence-electron chi connectivity index (χ1n) is 7.04. The van der Waals surface area contributed by atoms with Crippen molar-refractivity contribution in [3.63, 3.8) is 0 Å². The highest BCUT2D eigenvalue weighted by Crippen LogP contribution is 2.15. The lowest BCUT2D eigenvalue weighted by atomic mass is 10.2. The summed E-state index contributed by atoms with van der Waals surface area (Å²) in [6, 6.07) is 6.85. The molecule has 22 heavy (non-hydrogen) atoms. The van der Waals surface area contributed by atoms with Crippen molar-refractivity contribution in [2.24, 2.45) is 0 Å². The van der Waals surface area contributed by atoms with Crippen molar-refractivity contribution in [1.82, 2.24) is 15.5 Å². The third kappa shape index (κ3) is 4.11. The van der Waals surface area contributed by atoms with Crippen LogP contribution in [0.15, 0.2) is 24.3 Å². The number of anilines is 1. The highest BCUT2D eigenvalue weighted by molar-refractivity contribution is 7.13. The maximum Gasteiger partial charge on any atom is 0.286 e. The molecule has 0 aliphatic carbocycles. The van der Waals surface area contributed by atoms with E-state index >= 15 is 0 Å². The zero-order valence-corrected chi connectivity index (χ0v) is 13.5. The predicted octanol–water partition coefficient (Wildman–Crippen LogP) is 2.49. The van der Waals surface area contributed by atoms with E-state index in [2.05, 4.69) is 20.8 Å². The van der Waals surface area contributed by atoms with Gasteiger partial charge in [-0.2, -0.15) is 0 Å². The molecule has 116 valence electrons. The van der Waals surface area contributed by atoms with Gasteiger partial charge in [0.25, 0.3) is 11.8 Å². The Balaban J connectivity index is 2.09. The number of carbonyl (C=O) groups is 2. The van der Waals surface area contributed by atoms with Crippen LogP contribution in [0.4, 0.5) is 5.69 Å². The zero-order valence-electron chi connectivity index (χ0n) is 12.7. The largest absolute Gasteiger partial charge is 0.350 e. The van der Waals surface area contributed by atoms with Crippen LogP contribution in [0.1, 0.15) is 45.9 Å². The Kier molecular flexibility index (Phi) is 5.21. The Hall–Kier alpha value is -2.28. The van der Waals surface area contributed by atoms with Crippen LogP contribution in [0.25, 0.3) is 0 Å². The van der Waals surface area contributed by atoms with E-state index in [1.807, 2.05) is 20.8 Å². The van der Waals surface area contributed by atoms with Crippen molar-refractivity contribution >= 4 is 28.8 Å². The standard InChI is InChI=1S/C15H18N4O2S/c1-4-12-18-19-15(22-12)14(21)17-11-7-5-6-10(8-11)13(20)16-9(2)3/h5-9H,4H2,1-3H3,(H,16,20)(H,17,21). The minimum absolute atomic E-state index is 0.0552. The third-order valence-electron chi connectivity index (χ3n) is 2.77. The molecule has 0 radical (unpaired) electrons. The Morgan fingerprint density at radius 3 is 2.64 bits per heavy atom. The molecule has 0 spiro atoms. The number of aryl methyl sites for hydroxylation is 1. The van der Waals surface area contributed by atoms with Gasteiger partial charge in [-0.1, -0.05) is 24.3 Å². The van der Waals surface area contributed by atoms with Gasteiger partial charge in [-0.25, -0.2) is 0 Å². The van der Waals surface area contributed by atoms with Gasteiger partial charge in [-0.3, -0.25) is 9.59 Å². The van der Waals surface area contributed by atoms with E-state index in [0.717, 1.165) is 11.4 Å². The molecule has 0 saturated heterocycles. The normalized spacial score (nSPS) is 10.5. The lowest BCUT2D eigenvalue weighted by molar-refractivity contribution is 0.0941. The second-order valence-electron chi connectivity index (χ2n) is 5.02. The maximum absolute atomic E-state index is 12.1. The number of nitrogens with one attached hydrogen (secondary N) is 2. The van der Waals surface area contributed by atoms with E-state index in [9.17, 15) is 9.59 Å². The smallest absolute Gasteiger partial charge is 0.286 e. The van der Waals surface area contributed by atoms with Gasteiger partial charge in [0.2, 0.25) is 5.01 Å². The van der Waals surface area contributed by atoms with Gasteiger partial charge in [0.15, 0.2) is 0 Å². The molecule has 2 aromatic rings. The van der Waals surface area contributed by atoms with Crippen molar-refractivity contribution in [3.05, 3.63) is 39.8 Å². The van der Waals surface area contributed by atoms with E-state index in [4.69, 9.17) is 0 Å². The molecular formula is C15H18N4O2S. The number of benzene rings is 1. The topological polar surface area (TPSA) is 84.0 Å². The van der Waals surface area contributed by atoms with E-state index in [1.54, 1.807) is 24.3 Å². The number of hydrogen-bond donors (Lipinski definition) is 2. The first-order chi connectivity index (χ1) is 10.5. The van der Waals surface area contributed by atoms with Crippen LogP contribution < -0.4 is 10.6 Å². The molecule has 1 heterocycles. The molecule has 2 rings (SSSR count). The Morgan fingerprint density at radius 2 is 2.00 bits per heavy atom. The average molecular weight is 318 g/mol. The Labute approximate surface area is 133 Å². The molecule has 1 aromatic heterocycles. The van der Waals surface area contributed by atoms with Gasteiger partial charge in [0, 0.05) is 17.3 Å². The van der Waals surface area contributed by atoms with E-state index < -0.39 is 0 Å². The first-order valence-corrected chi connectivity index (χ1v) is 7.86. The van der Waals surface area contributed by atoms with Gasteiger partial charge < -0.3 is 10.6 Å². The monoisotopic (exact) mass is 318 g/mol. The van der Waals surface area contributed by atoms with Gasteiger partial charge in [-0.05, 0) is 38.5 Å². The molecule has 0 saturated carbocycles. The van der Waals surface area contributed by atoms with Crippen LogP contribution in [0.3, 0.4) is 0 Å². The van der Waals surface area contributed by atoms with Crippen LogP contribution in [0.5, 0.6) is 0 Å². The summed E-state index contributed by atoms with van der Waals surface area (Å²) in [5.74, 6) is -0.492. The summed E-state index contributed by atoms with van der Waals surface area (Å²) in [7, 11) is 0. The molecule has 1 aromatic carbocycles. The minimum Gasteiger partial charge on any atom is -0.350 e. The van der Waals surface area contributed by atoms with E-state index in [-0.39, 0.29) is 17.9 Å². The predicted molar refractivity (Wildman–Crippen MR) is 86.3 cm³/mol. The average Bonchev–Trinajstić information content (AvgIpc) is 2.96. The summed E-state index contributed by atoms with van der Waals surface area (Å²) in [6.07, 6.45) is 0.746. The molecule has 0 bridgehead atoms. The molecule has 2 N–H and O–H groups in total. The van der Waals surface area contributed by atoms with Gasteiger partial charge in [0.1, 0.15) is 5.01 Å². The quantitative estimate of drug-likeness (QED) is 0.887. The minimum atomic E-state index is -0.321. The summed E-state index contributed by atoms with van der Waals surface area (Å²) in [4.78, 5) is 24.1. The molecule has 6 nitrogen and oxygen atoms in total. The van der Waals surface area contributed by atoms with Gasteiger partial charge in [-0.15, -0.1) is 10.2 Å². The van der Waals surface area contributed by atoms with E-state index in [0.29, 0.717) is 16.3 Å². The summed E-state index contributed by atoms with van der Waals surface area (Å²) in [5, 5.41) is 14.4. The third-order valence-corrected chi connectivity index (χ3v) is 3.83. The number of aromatic nitrogens is 2. The van der Waals surface area contributed by atoms with Crippen molar-refractivity contribution in [3.8, 4) is 0 Å². The second kappa shape index (κ2) is 7.13. The Morgan fingerprint density at radius 1 is 1.23 bits per heavy atom. The van der Waals surface area contributed by atoms with Crippen molar-refractivity contribution in [2.45, 2.75) is 33.2 Å². The highest BCUT2D eigenvalue weighted by Gasteiger charge is 2.13. The number of hydrogen-bond acceptors (Lipinski definition) is 5. The lowest BCUT2D eigenvalue weighted by Crippen LogP contribution is -2.30. The van der Waals surface area contributed by atoms with Crippen LogP contribution >= 0.6 is 11.3 Å². The fraction of sp³-hybridized carbons (Fsp3) is 0.333. The lowest BCUT2D eigenvalue weighted by Gasteiger charge is -2.09. The first kappa shape index (κ1) is 16.1. The SMILES string of the molecule is CCc1nnc(C(=O)Nc2cccc(C(=O)NC(C)C)c2)s1. The van der Waals surface area contributed by atoms with Crippen LogP contribution in [-0.2, 0) is 6.42 Å². The molecule has 7 heteroatoms. The fourth-order valence-electron chi connectivity index (χ4n) is 1.76. The van der Waals surface area contributed by atoms with Crippen molar-refractivity contribution < 1.29 is 9.59 Å². The molecule has 0 atom stereocenters. The molecule has 0 fully saturated rings. The van der Waals surface area contributed by atoms with Gasteiger partial charge in [0.05, 0.1) is 0 Å². The molecule has 0 aliphatic heterocycles. The maximum atomic E-state index is 12.1.